The van der Waals surface area contributed by atoms with Gasteiger partial charge in [0.05, 0.1) is 19.7 Å². The number of hydrogen-bond acceptors (Lipinski definition) is 4. The molecule has 24 heavy (non-hydrogen) atoms. The Morgan fingerprint density at radius 3 is 2.75 bits per heavy atom. The highest BCUT2D eigenvalue weighted by atomic mass is 19.3. The van der Waals surface area contributed by atoms with Crippen LogP contribution in [-0.4, -0.2) is 37.3 Å². The summed E-state index contributed by atoms with van der Waals surface area (Å²) in [6.45, 7) is 4.72. The minimum atomic E-state index is -3.06. The lowest BCUT2D eigenvalue weighted by Gasteiger charge is -2.22. The number of carbonyl (C=O) groups is 1. The first-order valence-electron chi connectivity index (χ1n) is 7.95. The van der Waals surface area contributed by atoms with Crippen LogP contribution in [0.15, 0.2) is 18.2 Å². The Morgan fingerprint density at radius 1 is 1.29 bits per heavy atom. The van der Waals surface area contributed by atoms with E-state index in [1.807, 2.05) is 18.2 Å². The van der Waals surface area contributed by atoms with Gasteiger partial charge >= 0.3 is 6.09 Å². The normalized spacial score (nSPS) is 14.0. The Kier molecular flexibility index (Phi) is 5.64. The van der Waals surface area contributed by atoms with Crippen LogP contribution in [0.25, 0.3) is 0 Å². The van der Waals surface area contributed by atoms with Gasteiger partial charge in [-0.3, -0.25) is 0 Å². The van der Waals surface area contributed by atoms with Crippen LogP contribution >= 0.6 is 0 Å². The number of nitrogens with one attached hydrogen (secondary N) is 2. The van der Waals surface area contributed by atoms with Crippen molar-refractivity contribution in [2.24, 2.45) is 0 Å². The fourth-order valence-electron chi connectivity index (χ4n) is 2.32. The molecule has 0 saturated heterocycles. The van der Waals surface area contributed by atoms with E-state index in [1.165, 1.54) is 0 Å². The van der Waals surface area contributed by atoms with E-state index in [9.17, 15) is 13.6 Å². The van der Waals surface area contributed by atoms with Gasteiger partial charge in [0.2, 0.25) is 0 Å². The lowest BCUT2D eigenvalue weighted by atomic mass is 10.1. The molecule has 0 saturated carbocycles. The van der Waals surface area contributed by atoms with Gasteiger partial charge in [-0.05, 0) is 38.0 Å². The fraction of sp³-hybridized carbons (Fsp3) is 0.588. The number of rotatable bonds is 6. The minimum Gasteiger partial charge on any atom is -0.493 e. The molecule has 0 fully saturated rings. The Morgan fingerprint density at radius 2 is 2.04 bits per heavy atom. The van der Waals surface area contributed by atoms with Crippen molar-refractivity contribution in [3.8, 4) is 5.75 Å². The molecular formula is C17H24F2N2O3. The minimum absolute atomic E-state index is 0.329. The number of alkyl carbamates (subject to hydrolysis) is 1. The van der Waals surface area contributed by atoms with Crippen molar-refractivity contribution >= 4 is 6.09 Å². The molecule has 0 atom stereocenters. The fourth-order valence-corrected chi connectivity index (χ4v) is 2.32. The SMILES string of the molecule is CC(C)(C)OC(=O)NCC(F)(F)CNCc1ccc2c(c1)CCO2. The Bertz CT molecular complexity index is 586. The van der Waals surface area contributed by atoms with Gasteiger partial charge in [-0.2, -0.15) is 0 Å². The molecule has 1 aromatic rings. The third kappa shape index (κ3) is 5.96. The van der Waals surface area contributed by atoms with Gasteiger partial charge < -0.3 is 20.1 Å². The molecule has 1 aliphatic rings. The van der Waals surface area contributed by atoms with E-state index in [1.54, 1.807) is 20.8 Å². The number of alkyl halides is 2. The summed E-state index contributed by atoms with van der Waals surface area (Å²) in [5, 5.41) is 4.82. The van der Waals surface area contributed by atoms with Gasteiger partial charge in [0, 0.05) is 13.0 Å². The van der Waals surface area contributed by atoms with Crippen molar-refractivity contribution in [2.75, 3.05) is 19.7 Å². The summed E-state index contributed by atoms with van der Waals surface area (Å²) in [4.78, 5) is 11.4. The zero-order valence-electron chi connectivity index (χ0n) is 14.2. The van der Waals surface area contributed by atoms with E-state index in [2.05, 4.69) is 10.6 Å². The lowest BCUT2D eigenvalue weighted by Crippen LogP contribution is -2.44. The van der Waals surface area contributed by atoms with Crippen molar-refractivity contribution in [3.63, 3.8) is 0 Å². The summed E-state index contributed by atoms with van der Waals surface area (Å²) in [7, 11) is 0. The summed E-state index contributed by atoms with van der Waals surface area (Å²) < 4.78 is 37.9. The predicted octanol–water partition coefficient (Wildman–Crippen LogP) is 2.87. The van der Waals surface area contributed by atoms with Gasteiger partial charge in [0.1, 0.15) is 11.4 Å². The summed E-state index contributed by atoms with van der Waals surface area (Å²) in [5.41, 5.74) is 1.32. The van der Waals surface area contributed by atoms with Gasteiger partial charge in [0.15, 0.2) is 0 Å². The second kappa shape index (κ2) is 7.34. The molecule has 1 aliphatic heterocycles. The molecule has 1 amide bonds. The second-order valence-corrected chi connectivity index (χ2v) is 6.86. The topological polar surface area (TPSA) is 59.6 Å². The Hall–Kier alpha value is -1.89. The highest BCUT2D eigenvalue weighted by Crippen LogP contribution is 2.25. The van der Waals surface area contributed by atoms with Gasteiger partial charge in [-0.15, -0.1) is 0 Å². The quantitative estimate of drug-likeness (QED) is 0.835. The monoisotopic (exact) mass is 342 g/mol. The number of amides is 1. The molecule has 134 valence electrons. The Balaban J connectivity index is 1.73. The first kappa shape index (κ1) is 18.4. The maximum atomic E-state index is 13.8. The van der Waals surface area contributed by atoms with Crippen molar-refractivity contribution in [1.82, 2.24) is 10.6 Å². The third-order valence-corrected chi connectivity index (χ3v) is 3.36. The number of carbonyl (C=O) groups excluding carboxylic acids is 1. The molecule has 0 radical (unpaired) electrons. The van der Waals surface area contributed by atoms with E-state index in [0.717, 1.165) is 23.3 Å². The van der Waals surface area contributed by atoms with Crippen LogP contribution in [0.3, 0.4) is 0 Å². The maximum absolute atomic E-state index is 13.8. The van der Waals surface area contributed by atoms with Crippen molar-refractivity contribution in [1.29, 1.82) is 0 Å². The second-order valence-electron chi connectivity index (χ2n) is 6.86. The first-order valence-corrected chi connectivity index (χ1v) is 7.95. The van der Waals surface area contributed by atoms with Crippen LogP contribution < -0.4 is 15.4 Å². The number of benzene rings is 1. The predicted molar refractivity (Wildman–Crippen MR) is 86.5 cm³/mol. The molecule has 1 heterocycles. The molecule has 2 rings (SSSR count). The van der Waals surface area contributed by atoms with E-state index >= 15 is 0 Å². The first-order chi connectivity index (χ1) is 11.1. The van der Waals surface area contributed by atoms with Gasteiger partial charge in [0.25, 0.3) is 5.92 Å². The average Bonchev–Trinajstić information content (AvgIpc) is 2.91. The number of hydrogen-bond donors (Lipinski definition) is 2. The van der Waals surface area contributed by atoms with Crippen LogP contribution in [0.2, 0.25) is 0 Å². The standard InChI is InChI=1S/C17H24F2N2O3/c1-16(2,3)24-15(22)21-11-17(18,19)10-20-9-12-4-5-14-13(8-12)6-7-23-14/h4-5,8,20H,6-7,9-11H2,1-3H3,(H,21,22). The van der Waals surface area contributed by atoms with E-state index in [0.29, 0.717) is 13.2 Å². The third-order valence-electron chi connectivity index (χ3n) is 3.36. The summed E-state index contributed by atoms with van der Waals surface area (Å²) in [6, 6.07) is 5.68. The molecule has 1 aromatic carbocycles. The van der Waals surface area contributed by atoms with Crippen LogP contribution in [0.1, 0.15) is 31.9 Å². The van der Waals surface area contributed by atoms with Crippen LogP contribution in [-0.2, 0) is 17.7 Å². The molecule has 0 spiro atoms. The number of fused-ring (bicyclic) bond motifs is 1. The van der Waals surface area contributed by atoms with Crippen LogP contribution in [0.4, 0.5) is 13.6 Å². The summed E-state index contributed by atoms with van der Waals surface area (Å²) >= 11 is 0. The molecule has 7 heteroatoms. The molecule has 5 nitrogen and oxygen atoms in total. The molecule has 0 aliphatic carbocycles. The lowest BCUT2D eigenvalue weighted by molar-refractivity contribution is -0.00376. The van der Waals surface area contributed by atoms with Crippen molar-refractivity contribution in [3.05, 3.63) is 29.3 Å². The molecule has 0 unspecified atom stereocenters. The summed E-state index contributed by atoms with van der Waals surface area (Å²) in [5.74, 6) is -2.19. The van der Waals surface area contributed by atoms with Gasteiger partial charge in [-0.25, -0.2) is 13.6 Å². The van der Waals surface area contributed by atoms with Crippen molar-refractivity contribution in [2.45, 2.75) is 45.3 Å². The highest BCUT2D eigenvalue weighted by Gasteiger charge is 2.30. The number of ether oxygens (including phenoxy) is 2. The summed E-state index contributed by atoms with van der Waals surface area (Å²) in [6.07, 6.45) is -0.000114. The van der Waals surface area contributed by atoms with E-state index in [4.69, 9.17) is 9.47 Å². The molecule has 0 aromatic heterocycles. The molecule has 0 bridgehead atoms. The molecular weight excluding hydrogens is 318 g/mol. The van der Waals surface area contributed by atoms with E-state index in [-0.39, 0.29) is 0 Å². The average molecular weight is 342 g/mol. The number of halogens is 2. The maximum Gasteiger partial charge on any atom is 0.407 e. The van der Waals surface area contributed by atoms with Gasteiger partial charge in [-0.1, -0.05) is 12.1 Å². The smallest absolute Gasteiger partial charge is 0.407 e. The zero-order valence-corrected chi connectivity index (χ0v) is 14.2. The Labute approximate surface area is 140 Å². The van der Waals surface area contributed by atoms with Crippen LogP contribution in [0.5, 0.6) is 5.75 Å². The largest absolute Gasteiger partial charge is 0.493 e. The zero-order chi connectivity index (χ0) is 17.8. The van der Waals surface area contributed by atoms with E-state index < -0.39 is 30.7 Å². The molecule has 2 N–H and O–H groups in total. The highest BCUT2D eigenvalue weighted by molar-refractivity contribution is 5.67. The van der Waals surface area contributed by atoms with Crippen molar-refractivity contribution < 1.29 is 23.0 Å². The van der Waals surface area contributed by atoms with Crippen LogP contribution in [0, 0.1) is 0 Å².